The Balaban J connectivity index is 2.45. The zero-order valence-electron chi connectivity index (χ0n) is 6.83. The Labute approximate surface area is 74.3 Å². The quantitative estimate of drug-likeness (QED) is 0.420. The summed E-state index contributed by atoms with van der Waals surface area (Å²) in [4.78, 5) is 0. The lowest BCUT2D eigenvalue weighted by atomic mass is 10.3. The molecule has 0 saturated carbocycles. The summed E-state index contributed by atoms with van der Waals surface area (Å²) < 4.78 is 1.66. The number of oxime groups is 1. The van der Waals surface area contributed by atoms with Gasteiger partial charge >= 0.3 is 0 Å². The van der Waals surface area contributed by atoms with Crippen molar-refractivity contribution < 1.29 is 5.21 Å². The molecule has 1 heterocycles. The number of aromatic nitrogens is 3. The van der Waals surface area contributed by atoms with Crippen LogP contribution < -0.4 is 0 Å². The molecule has 0 radical (unpaired) electrons. The van der Waals surface area contributed by atoms with Crippen LogP contribution in [0.5, 0.6) is 0 Å². The highest BCUT2D eigenvalue weighted by Gasteiger charge is 2.00. The molecular weight excluding hydrogens is 168 g/mol. The minimum absolute atomic E-state index is 0.428. The maximum atomic E-state index is 8.25. The van der Waals surface area contributed by atoms with Crippen LogP contribution in [0.15, 0.2) is 29.4 Å². The van der Waals surface area contributed by atoms with Gasteiger partial charge in [0, 0.05) is 0 Å². The minimum atomic E-state index is 0.428. The van der Waals surface area contributed by atoms with Gasteiger partial charge in [0.1, 0.15) is 5.52 Å². The van der Waals surface area contributed by atoms with E-state index in [0.29, 0.717) is 6.54 Å². The third-order valence-corrected chi connectivity index (χ3v) is 1.76. The normalized spacial score (nSPS) is 11.4. The van der Waals surface area contributed by atoms with Crippen molar-refractivity contribution in [3.05, 3.63) is 24.3 Å². The minimum Gasteiger partial charge on any atom is -0.411 e. The summed E-state index contributed by atoms with van der Waals surface area (Å²) in [6, 6.07) is 7.62. The van der Waals surface area contributed by atoms with Crippen molar-refractivity contribution in [1.29, 1.82) is 0 Å². The van der Waals surface area contributed by atoms with E-state index in [-0.39, 0.29) is 0 Å². The molecule has 0 aliphatic heterocycles. The summed E-state index contributed by atoms with van der Waals surface area (Å²) in [5, 5.41) is 19.0. The Kier molecular flexibility index (Phi) is 1.91. The van der Waals surface area contributed by atoms with Crippen LogP contribution in [-0.4, -0.2) is 26.4 Å². The van der Waals surface area contributed by atoms with Gasteiger partial charge in [-0.05, 0) is 12.1 Å². The monoisotopic (exact) mass is 176 g/mol. The molecule has 1 aromatic carbocycles. The summed E-state index contributed by atoms with van der Waals surface area (Å²) >= 11 is 0. The Morgan fingerprint density at radius 1 is 1.46 bits per heavy atom. The zero-order chi connectivity index (χ0) is 9.10. The predicted octanol–water partition coefficient (Wildman–Crippen LogP) is 0.891. The standard InChI is InChI=1S/C8H8N4O/c13-9-5-6-12-8-4-2-1-3-7(8)10-11-12/h1-5,13H,6H2/b9-5+. The summed E-state index contributed by atoms with van der Waals surface area (Å²) in [7, 11) is 0. The third kappa shape index (κ3) is 1.35. The molecule has 0 unspecified atom stereocenters. The highest BCUT2D eigenvalue weighted by atomic mass is 16.4. The number of rotatable bonds is 2. The molecule has 0 bridgehead atoms. The van der Waals surface area contributed by atoms with Crippen LogP contribution in [0.3, 0.4) is 0 Å². The molecule has 0 fully saturated rings. The summed E-state index contributed by atoms with van der Waals surface area (Å²) in [6.45, 7) is 0.428. The molecule has 0 spiro atoms. The topological polar surface area (TPSA) is 63.3 Å². The lowest BCUT2D eigenvalue weighted by Gasteiger charge is -1.94. The number of benzene rings is 1. The maximum Gasteiger partial charge on any atom is 0.113 e. The molecule has 0 aliphatic rings. The van der Waals surface area contributed by atoms with Gasteiger partial charge in [-0.2, -0.15) is 0 Å². The summed E-state index contributed by atoms with van der Waals surface area (Å²) in [6.07, 6.45) is 1.36. The lowest BCUT2D eigenvalue weighted by Crippen LogP contribution is -2.00. The van der Waals surface area contributed by atoms with E-state index in [0.717, 1.165) is 11.0 Å². The van der Waals surface area contributed by atoms with Gasteiger partial charge in [-0.25, -0.2) is 4.68 Å². The van der Waals surface area contributed by atoms with Crippen LogP contribution in [-0.2, 0) is 6.54 Å². The second kappa shape index (κ2) is 3.22. The Morgan fingerprint density at radius 3 is 3.15 bits per heavy atom. The molecule has 13 heavy (non-hydrogen) atoms. The number of fused-ring (bicyclic) bond motifs is 1. The van der Waals surface area contributed by atoms with Crippen molar-refractivity contribution in [2.75, 3.05) is 0 Å². The van der Waals surface area contributed by atoms with Crippen molar-refractivity contribution >= 4 is 17.2 Å². The average molecular weight is 176 g/mol. The van der Waals surface area contributed by atoms with E-state index in [1.54, 1.807) is 4.68 Å². The molecule has 0 saturated heterocycles. The fourth-order valence-electron chi connectivity index (χ4n) is 1.17. The summed E-state index contributed by atoms with van der Waals surface area (Å²) in [5.74, 6) is 0. The van der Waals surface area contributed by atoms with Crippen LogP contribution in [0.25, 0.3) is 11.0 Å². The molecule has 2 rings (SSSR count). The van der Waals surface area contributed by atoms with Gasteiger partial charge in [-0.1, -0.05) is 17.3 Å². The van der Waals surface area contributed by atoms with Crippen molar-refractivity contribution in [2.45, 2.75) is 6.54 Å². The number of hydrogen-bond acceptors (Lipinski definition) is 4. The molecule has 2 aromatic rings. The van der Waals surface area contributed by atoms with Crippen molar-refractivity contribution in [2.24, 2.45) is 5.16 Å². The number of nitrogens with zero attached hydrogens (tertiary/aromatic N) is 4. The molecule has 0 amide bonds. The fourth-order valence-corrected chi connectivity index (χ4v) is 1.17. The van der Waals surface area contributed by atoms with E-state index in [2.05, 4.69) is 15.5 Å². The van der Waals surface area contributed by atoms with E-state index in [9.17, 15) is 0 Å². The highest BCUT2D eigenvalue weighted by molar-refractivity contribution is 5.75. The van der Waals surface area contributed by atoms with E-state index in [1.165, 1.54) is 6.21 Å². The van der Waals surface area contributed by atoms with Crippen LogP contribution in [0.2, 0.25) is 0 Å². The first-order valence-corrected chi connectivity index (χ1v) is 3.86. The van der Waals surface area contributed by atoms with E-state index >= 15 is 0 Å². The molecule has 5 nitrogen and oxygen atoms in total. The van der Waals surface area contributed by atoms with Gasteiger partial charge in [0.15, 0.2) is 0 Å². The van der Waals surface area contributed by atoms with Crippen LogP contribution in [0, 0.1) is 0 Å². The first-order valence-electron chi connectivity index (χ1n) is 3.86. The van der Waals surface area contributed by atoms with Crippen molar-refractivity contribution in [1.82, 2.24) is 15.0 Å². The Hall–Kier alpha value is -1.91. The van der Waals surface area contributed by atoms with Gasteiger partial charge in [-0.3, -0.25) is 0 Å². The van der Waals surface area contributed by atoms with Gasteiger partial charge in [0.05, 0.1) is 18.3 Å². The molecule has 5 heteroatoms. The van der Waals surface area contributed by atoms with Gasteiger partial charge in [-0.15, -0.1) is 10.3 Å². The SMILES string of the molecule is O/N=C/Cn1nnc2ccccc21. The van der Waals surface area contributed by atoms with Gasteiger partial charge < -0.3 is 5.21 Å². The fraction of sp³-hybridized carbons (Fsp3) is 0.125. The Morgan fingerprint density at radius 2 is 2.31 bits per heavy atom. The van der Waals surface area contributed by atoms with E-state index < -0.39 is 0 Å². The van der Waals surface area contributed by atoms with E-state index in [1.807, 2.05) is 24.3 Å². The second-order valence-corrected chi connectivity index (χ2v) is 2.56. The smallest absolute Gasteiger partial charge is 0.113 e. The van der Waals surface area contributed by atoms with Crippen molar-refractivity contribution in [3.63, 3.8) is 0 Å². The average Bonchev–Trinajstić information content (AvgIpc) is 2.58. The highest BCUT2D eigenvalue weighted by Crippen LogP contribution is 2.08. The van der Waals surface area contributed by atoms with Crippen molar-refractivity contribution in [3.8, 4) is 0 Å². The maximum absolute atomic E-state index is 8.25. The first-order chi connectivity index (χ1) is 6.42. The van der Waals surface area contributed by atoms with E-state index in [4.69, 9.17) is 5.21 Å². The summed E-state index contributed by atoms with van der Waals surface area (Å²) in [5.41, 5.74) is 1.77. The Bertz CT molecular complexity index is 434. The van der Waals surface area contributed by atoms with Gasteiger partial charge in [0.25, 0.3) is 0 Å². The number of hydrogen-bond donors (Lipinski definition) is 1. The molecular formula is C8H8N4O. The molecule has 1 aromatic heterocycles. The van der Waals surface area contributed by atoms with Gasteiger partial charge in [0.2, 0.25) is 0 Å². The molecule has 0 atom stereocenters. The molecule has 1 N–H and O–H groups in total. The first kappa shape index (κ1) is 7.72. The predicted molar refractivity (Wildman–Crippen MR) is 47.8 cm³/mol. The molecule has 0 aliphatic carbocycles. The third-order valence-electron chi connectivity index (χ3n) is 1.76. The number of para-hydroxylation sites is 1. The zero-order valence-corrected chi connectivity index (χ0v) is 6.83. The van der Waals surface area contributed by atoms with Crippen LogP contribution in [0.4, 0.5) is 0 Å². The van der Waals surface area contributed by atoms with Crippen LogP contribution >= 0.6 is 0 Å². The largest absolute Gasteiger partial charge is 0.411 e. The second-order valence-electron chi connectivity index (χ2n) is 2.56. The lowest BCUT2D eigenvalue weighted by molar-refractivity contribution is 0.319. The van der Waals surface area contributed by atoms with Crippen LogP contribution in [0.1, 0.15) is 0 Å². The molecule has 66 valence electrons.